The van der Waals surface area contributed by atoms with Crippen LogP contribution in [0, 0.1) is 11.8 Å². The average molecular weight is 546 g/mol. The predicted octanol–water partition coefficient (Wildman–Crippen LogP) is 2.50. The summed E-state index contributed by atoms with van der Waals surface area (Å²) in [6.07, 6.45) is 3.74. The second-order valence-corrected chi connectivity index (χ2v) is 12.2. The summed E-state index contributed by atoms with van der Waals surface area (Å²) in [5.41, 5.74) is 0. The molecule has 0 spiro atoms. The normalized spacial score (nSPS) is 22.8. The molecule has 1 aliphatic rings. The molecule has 0 aromatic rings. The van der Waals surface area contributed by atoms with Crippen LogP contribution in [0.3, 0.4) is 0 Å². The summed E-state index contributed by atoms with van der Waals surface area (Å²) in [6.45, 7) is 2.70. The number of nitrogens with one attached hydrogen (secondary N) is 1. The Balaban J connectivity index is 2.30. The second-order valence-electron chi connectivity index (χ2n) is 5.53. The molecule has 5 nitrogen and oxygen atoms in total. The SMILES string of the molecule is C[CH2][Sn][C](=O)C1CCC(CNC(=O)C(CC(=O)O)SI)CC1. The molecule has 124 valence electrons. The van der Waals surface area contributed by atoms with Gasteiger partial charge in [0.2, 0.25) is 0 Å². The van der Waals surface area contributed by atoms with Gasteiger partial charge in [-0.25, -0.2) is 0 Å². The van der Waals surface area contributed by atoms with E-state index in [1.165, 1.54) is 8.93 Å². The van der Waals surface area contributed by atoms with Gasteiger partial charge in [-0.3, -0.25) is 0 Å². The number of carboxylic acids is 1. The molecule has 0 aromatic carbocycles. The minimum atomic E-state index is -0.954. The van der Waals surface area contributed by atoms with Crippen molar-refractivity contribution in [1.82, 2.24) is 5.32 Å². The van der Waals surface area contributed by atoms with Gasteiger partial charge < -0.3 is 0 Å². The molecule has 1 saturated carbocycles. The van der Waals surface area contributed by atoms with Crippen molar-refractivity contribution in [3.05, 3.63) is 0 Å². The first kappa shape index (κ1) is 20.5. The van der Waals surface area contributed by atoms with Gasteiger partial charge in [0.15, 0.2) is 0 Å². The van der Waals surface area contributed by atoms with Crippen molar-refractivity contribution < 1.29 is 19.5 Å². The molecular formula is C14H22INO4SSn. The molecule has 1 atom stereocenters. The van der Waals surface area contributed by atoms with Gasteiger partial charge in [-0.05, 0) is 0 Å². The first-order valence-corrected chi connectivity index (χ1v) is 14.4. The van der Waals surface area contributed by atoms with Gasteiger partial charge >= 0.3 is 159 Å². The van der Waals surface area contributed by atoms with Crippen LogP contribution < -0.4 is 5.32 Å². The van der Waals surface area contributed by atoms with Crippen molar-refractivity contribution in [2.24, 2.45) is 11.8 Å². The van der Waals surface area contributed by atoms with Crippen molar-refractivity contribution in [3.63, 3.8) is 0 Å². The summed E-state index contributed by atoms with van der Waals surface area (Å²) < 4.78 is 1.63. The summed E-state index contributed by atoms with van der Waals surface area (Å²) in [7, 11) is 1.24. The second kappa shape index (κ2) is 11.1. The number of halogens is 1. The van der Waals surface area contributed by atoms with Gasteiger partial charge in [-0.2, -0.15) is 0 Å². The molecule has 2 N–H and O–H groups in total. The van der Waals surface area contributed by atoms with Crippen LogP contribution in [0.1, 0.15) is 39.0 Å². The molecule has 0 saturated heterocycles. The van der Waals surface area contributed by atoms with E-state index >= 15 is 0 Å². The number of amides is 1. The van der Waals surface area contributed by atoms with Crippen LogP contribution in [0.2, 0.25) is 4.44 Å². The van der Waals surface area contributed by atoms with E-state index in [0.717, 1.165) is 30.1 Å². The van der Waals surface area contributed by atoms with E-state index < -0.39 is 32.4 Å². The predicted molar refractivity (Wildman–Crippen MR) is 97.4 cm³/mol. The van der Waals surface area contributed by atoms with Crippen LogP contribution in [0.25, 0.3) is 0 Å². The Kier molecular flexibility index (Phi) is 10.4. The minimum absolute atomic E-state index is 0.149. The average Bonchev–Trinajstić information content (AvgIpc) is 2.50. The van der Waals surface area contributed by atoms with Crippen LogP contribution in [0.4, 0.5) is 0 Å². The van der Waals surface area contributed by atoms with Gasteiger partial charge in [-0.15, -0.1) is 0 Å². The van der Waals surface area contributed by atoms with E-state index in [-0.39, 0.29) is 18.2 Å². The van der Waals surface area contributed by atoms with E-state index in [9.17, 15) is 14.4 Å². The molecule has 0 aromatic heterocycles. The van der Waals surface area contributed by atoms with Crippen LogP contribution in [-0.2, 0) is 14.4 Å². The number of hydrogen-bond acceptors (Lipinski definition) is 4. The fraction of sp³-hybridized carbons (Fsp3) is 0.786. The van der Waals surface area contributed by atoms with Crippen LogP contribution in [-0.4, -0.2) is 53.7 Å². The quantitative estimate of drug-likeness (QED) is 0.344. The first-order chi connectivity index (χ1) is 10.5. The van der Waals surface area contributed by atoms with Gasteiger partial charge in [0.1, 0.15) is 0 Å². The monoisotopic (exact) mass is 547 g/mol. The molecule has 22 heavy (non-hydrogen) atoms. The number of hydrogen-bond donors (Lipinski definition) is 2. The van der Waals surface area contributed by atoms with E-state index in [1.54, 1.807) is 0 Å². The molecule has 1 fully saturated rings. The van der Waals surface area contributed by atoms with E-state index in [2.05, 4.69) is 12.2 Å². The van der Waals surface area contributed by atoms with Gasteiger partial charge in [0.05, 0.1) is 0 Å². The zero-order chi connectivity index (χ0) is 16.5. The molecule has 0 bridgehead atoms. The fourth-order valence-electron chi connectivity index (χ4n) is 2.63. The first-order valence-electron chi connectivity index (χ1n) is 7.52. The molecule has 0 heterocycles. The Morgan fingerprint density at radius 1 is 1.32 bits per heavy atom. The van der Waals surface area contributed by atoms with Gasteiger partial charge in [0, 0.05) is 0 Å². The molecule has 2 radical (unpaired) electrons. The molecule has 0 aliphatic heterocycles. The summed E-state index contributed by atoms with van der Waals surface area (Å²) >= 11 is 1.17. The molecule has 1 rings (SSSR count). The van der Waals surface area contributed by atoms with E-state index in [4.69, 9.17) is 5.11 Å². The summed E-state index contributed by atoms with van der Waals surface area (Å²) in [6, 6.07) is 0. The number of aliphatic carboxylic acids is 1. The third kappa shape index (κ3) is 7.37. The maximum absolute atomic E-state index is 12.0. The van der Waals surface area contributed by atoms with E-state index in [1.807, 2.05) is 21.2 Å². The fourth-order valence-corrected chi connectivity index (χ4v) is 6.87. The van der Waals surface area contributed by atoms with Gasteiger partial charge in [0.25, 0.3) is 0 Å². The Bertz CT molecular complexity index is 402. The molecule has 1 amide bonds. The zero-order valence-electron chi connectivity index (χ0n) is 12.6. The molecule has 1 aliphatic carbocycles. The third-order valence-electron chi connectivity index (χ3n) is 3.89. The van der Waals surface area contributed by atoms with Crippen LogP contribution >= 0.6 is 30.1 Å². The Morgan fingerprint density at radius 3 is 2.45 bits per heavy atom. The standard InChI is InChI=1S/C12H17INO4S.C2H5.Sn/c13-19-10(5-11(16)17)12(18)14-6-8-1-3-9(7-15)4-2-8;1-2;/h8-10H,1-6H2,(H,14,18)(H,16,17);1H2,2H3;. The van der Waals surface area contributed by atoms with Crippen molar-refractivity contribution in [2.75, 3.05) is 6.54 Å². The molecule has 1 unspecified atom stereocenters. The summed E-state index contributed by atoms with van der Waals surface area (Å²) in [4.78, 5) is 34.6. The van der Waals surface area contributed by atoms with Crippen molar-refractivity contribution in [3.8, 4) is 0 Å². The number of carbonyl (C=O) groups is 3. The Labute approximate surface area is 157 Å². The number of rotatable bonds is 9. The third-order valence-corrected chi connectivity index (χ3v) is 9.50. The number of carboxylic acid groups (broad SMARTS) is 1. The van der Waals surface area contributed by atoms with Gasteiger partial charge in [-0.1, -0.05) is 0 Å². The van der Waals surface area contributed by atoms with Crippen LogP contribution in [0.15, 0.2) is 0 Å². The Hall–Kier alpha value is 0.489. The maximum atomic E-state index is 12.0. The zero-order valence-corrected chi connectivity index (χ0v) is 18.5. The number of carbonyl (C=O) groups excluding carboxylic acids is 2. The molecular weight excluding hydrogens is 524 g/mol. The van der Waals surface area contributed by atoms with E-state index in [0.29, 0.717) is 16.3 Å². The topological polar surface area (TPSA) is 83.5 Å². The van der Waals surface area contributed by atoms with Crippen molar-refractivity contribution in [2.45, 2.75) is 48.7 Å². The van der Waals surface area contributed by atoms with Crippen LogP contribution in [0.5, 0.6) is 0 Å². The summed E-state index contributed by atoms with van der Waals surface area (Å²) in [5, 5.41) is 11.1. The molecule has 8 heteroatoms. The summed E-state index contributed by atoms with van der Waals surface area (Å²) in [5.74, 6) is -0.447. The van der Waals surface area contributed by atoms with Crippen molar-refractivity contribution >= 4 is 67.0 Å². The Morgan fingerprint density at radius 2 is 1.95 bits per heavy atom. The van der Waals surface area contributed by atoms with Crippen molar-refractivity contribution in [1.29, 1.82) is 0 Å².